The molecule has 1 N–H and O–H groups in total. The maximum atomic E-state index is 13.1. The molecule has 3 aromatic heterocycles. The number of aromatic nitrogens is 3. The summed E-state index contributed by atoms with van der Waals surface area (Å²) in [6.45, 7) is 3.83. The Morgan fingerprint density at radius 3 is 2.30 bits per heavy atom. The number of carbonyl (C=O) groups excluding carboxylic acids is 4. The van der Waals surface area contributed by atoms with Crippen molar-refractivity contribution in [3.05, 3.63) is 84.3 Å². The Balaban J connectivity index is 0.618. The van der Waals surface area contributed by atoms with Crippen LogP contribution in [0, 0.1) is 0 Å². The van der Waals surface area contributed by atoms with Crippen LogP contribution in [0.15, 0.2) is 73.2 Å². The van der Waals surface area contributed by atoms with E-state index in [0.29, 0.717) is 45.4 Å². The van der Waals surface area contributed by atoms with E-state index in [1.807, 2.05) is 36.8 Å². The van der Waals surface area contributed by atoms with E-state index in [-0.39, 0.29) is 42.3 Å². The third kappa shape index (κ3) is 7.36. The molecule has 1 unspecified atom stereocenters. The summed E-state index contributed by atoms with van der Waals surface area (Å²) in [4.78, 5) is 61.9. The van der Waals surface area contributed by atoms with Gasteiger partial charge in [-0.1, -0.05) is 12.1 Å². The van der Waals surface area contributed by atoms with Crippen molar-refractivity contribution >= 4 is 51.1 Å². The third-order valence-electron chi connectivity index (χ3n) is 11.4. The van der Waals surface area contributed by atoms with Crippen molar-refractivity contribution in [1.82, 2.24) is 24.8 Å². The van der Waals surface area contributed by atoms with E-state index >= 15 is 0 Å². The number of piperidine rings is 1. The van der Waals surface area contributed by atoms with Crippen LogP contribution in [0.5, 0.6) is 5.88 Å². The van der Waals surface area contributed by atoms with Crippen molar-refractivity contribution in [2.75, 3.05) is 44.4 Å². The zero-order chi connectivity index (χ0) is 39.0. The summed E-state index contributed by atoms with van der Waals surface area (Å²) in [5.41, 5.74) is 5.85. The van der Waals surface area contributed by atoms with E-state index in [2.05, 4.69) is 56.1 Å². The second-order valence-corrected chi connectivity index (χ2v) is 15.2. The number of fused-ring (bicyclic) bond motifs is 4. The molecular weight excluding hydrogens is 729 g/mol. The van der Waals surface area contributed by atoms with Gasteiger partial charge >= 0.3 is 0 Å². The van der Waals surface area contributed by atoms with Gasteiger partial charge in [-0.3, -0.25) is 34.4 Å². The number of hydrogen-bond acceptors (Lipinski definition) is 11. The summed E-state index contributed by atoms with van der Waals surface area (Å²) in [6.07, 6.45) is 9.52. The average molecular weight is 773 g/mol. The predicted octanol–water partition coefficient (Wildman–Crippen LogP) is 4.82. The highest BCUT2D eigenvalue weighted by molar-refractivity contribution is 6.23. The smallest absolute Gasteiger partial charge is 0.262 e. The Morgan fingerprint density at radius 2 is 1.53 bits per heavy atom. The van der Waals surface area contributed by atoms with E-state index in [1.54, 1.807) is 12.1 Å². The molecule has 14 nitrogen and oxygen atoms in total. The first-order valence-corrected chi connectivity index (χ1v) is 19.7. The molecule has 0 spiro atoms. The SMILES string of the molecule is Cn1c2ccncc2c2ccc(-c3ccc(O[C@H]4C[C@H](OCCCOCCCOC5CN(c6ccc7c(c6)C(=O)N(C6CCC(=O)NC6=O)C7=O)C5)C4)nc3)cc21. The van der Waals surface area contributed by atoms with Gasteiger partial charge in [0, 0.05) is 118 Å². The number of pyridine rings is 2. The molecule has 2 saturated heterocycles. The quantitative estimate of drug-likeness (QED) is 0.115. The predicted molar refractivity (Wildman–Crippen MR) is 210 cm³/mol. The summed E-state index contributed by atoms with van der Waals surface area (Å²) in [5.74, 6) is -1.39. The van der Waals surface area contributed by atoms with Gasteiger partial charge in [-0.25, -0.2) is 4.98 Å². The number of amides is 4. The van der Waals surface area contributed by atoms with Crippen molar-refractivity contribution in [3.8, 4) is 17.0 Å². The Bertz CT molecular complexity index is 2350. The van der Waals surface area contributed by atoms with Gasteiger partial charge in [-0.2, -0.15) is 0 Å². The molecule has 14 heteroatoms. The van der Waals surface area contributed by atoms with Gasteiger partial charge in [-0.05, 0) is 61.2 Å². The van der Waals surface area contributed by atoms with Crippen LogP contribution in [0.3, 0.4) is 0 Å². The van der Waals surface area contributed by atoms with Crippen LogP contribution < -0.4 is 15.0 Å². The first-order chi connectivity index (χ1) is 27.8. The summed E-state index contributed by atoms with van der Waals surface area (Å²) >= 11 is 0. The third-order valence-corrected chi connectivity index (χ3v) is 11.4. The molecule has 3 fully saturated rings. The summed E-state index contributed by atoms with van der Waals surface area (Å²) < 4.78 is 26.1. The molecule has 1 atom stereocenters. The number of carbonyl (C=O) groups is 4. The van der Waals surface area contributed by atoms with E-state index in [4.69, 9.17) is 18.9 Å². The second kappa shape index (κ2) is 15.7. The van der Waals surface area contributed by atoms with Crippen LogP contribution >= 0.6 is 0 Å². The van der Waals surface area contributed by atoms with Gasteiger partial charge in [0.05, 0.1) is 28.9 Å². The number of rotatable bonds is 15. The van der Waals surface area contributed by atoms with Crippen LogP contribution in [-0.4, -0.2) is 107 Å². The lowest BCUT2D eigenvalue weighted by molar-refractivity contribution is -0.136. The first-order valence-electron chi connectivity index (χ1n) is 19.7. The number of benzene rings is 2. The monoisotopic (exact) mass is 772 g/mol. The highest BCUT2D eigenvalue weighted by Crippen LogP contribution is 2.34. The largest absolute Gasteiger partial charge is 0.474 e. The summed E-state index contributed by atoms with van der Waals surface area (Å²) in [5, 5.41) is 4.56. The van der Waals surface area contributed by atoms with Gasteiger partial charge in [0.25, 0.3) is 11.8 Å². The number of nitrogens with zero attached hydrogens (tertiary/aromatic N) is 5. The van der Waals surface area contributed by atoms with Crippen LogP contribution in [0.4, 0.5) is 5.69 Å². The Morgan fingerprint density at radius 1 is 0.754 bits per heavy atom. The summed E-state index contributed by atoms with van der Waals surface area (Å²) in [7, 11) is 2.08. The normalized spacial score (nSPS) is 20.9. The van der Waals surface area contributed by atoms with E-state index in [0.717, 1.165) is 63.8 Å². The molecule has 294 valence electrons. The Hall–Kier alpha value is -5.70. The van der Waals surface area contributed by atoms with Crippen LogP contribution in [0.25, 0.3) is 32.9 Å². The van der Waals surface area contributed by atoms with E-state index in [9.17, 15) is 19.2 Å². The number of ether oxygens (including phenoxy) is 4. The Labute approximate surface area is 329 Å². The van der Waals surface area contributed by atoms with Crippen molar-refractivity contribution in [1.29, 1.82) is 0 Å². The zero-order valence-corrected chi connectivity index (χ0v) is 31.7. The van der Waals surface area contributed by atoms with Crippen molar-refractivity contribution in [2.24, 2.45) is 7.05 Å². The van der Waals surface area contributed by atoms with Crippen LogP contribution in [0.1, 0.15) is 59.2 Å². The molecule has 57 heavy (non-hydrogen) atoms. The molecule has 6 heterocycles. The number of hydrogen-bond donors (Lipinski definition) is 1. The van der Waals surface area contributed by atoms with E-state index in [1.165, 1.54) is 5.39 Å². The van der Waals surface area contributed by atoms with Crippen LogP contribution in [-0.2, 0) is 30.8 Å². The van der Waals surface area contributed by atoms with Gasteiger partial charge in [0.15, 0.2) is 0 Å². The molecule has 3 aliphatic heterocycles. The molecule has 1 aliphatic carbocycles. The zero-order valence-electron chi connectivity index (χ0n) is 31.7. The number of aryl methyl sites for hydroxylation is 1. The maximum Gasteiger partial charge on any atom is 0.262 e. The molecule has 4 aliphatic rings. The number of anilines is 1. The Kier molecular flexibility index (Phi) is 10.2. The van der Waals surface area contributed by atoms with Gasteiger partial charge < -0.3 is 28.4 Å². The maximum absolute atomic E-state index is 13.1. The van der Waals surface area contributed by atoms with Gasteiger partial charge in [0.1, 0.15) is 12.1 Å². The topological polar surface area (TPSA) is 154 Å². The van der Waals surface area contributed by atoms with Crippen molar-refractivity contribution in [3.63, 3.8) is 0 Å². The fourth-order valence-electron chi connectivity index (χ4n) is 8.11. The fourth-order valence-corrected chi connectivity index (χ4v) is 8.11. The first kappa shape index (κ1) is 36.9. The minimum Gasteiger partial charge on any atom is -0.474 e. The highest BCUT2D eigenvalue weighted by Gasteiger charge is 2.45. The van der Waals surface area contributed by atoms with Gasteiger partial charge in [0.2, 0.25) is 17.7 Å². The minimum atomic E-state index is -0.974. The van der Waals surface area contributed by atoms with Gasteiger partial charge in [-0.15, -0.1) is 0 Å². The second-order valence-electron chi connectivity index (χ2n) is 15.2. The lowest BCUT2D eigenvalue weighted by Crippen LogP contribution is -2.54. The molecule has 0 bridgehead atoms. The average Bonchev–Trinajstić information content (AvgIpc) is 3.61. The van der Waals surface area contributed by atoms with E-state index < -0.39 is 29.7 Å². The molecule has 9 rings (SSSR count). The molecule has 0 radical (unpaired) electrons. The minimum absolute atomic E-state index is 0.0736. The molecule has 2 aromatic carbocycles. The fraction of sp³-hybridized carbons (Fsp3) is 0.395. The van der Waals surface area contributed by atoms with Crippen molar-refractivity contribution < 1.29 is 38.1 Å². The standard InChI is InChI=1S/C43H44N6O8/c1-47-36-12-13-44-23-35(36)32-7-4-26(18-38(32)47)27-5-11-40(45-22-27)57-30-20-29(21-30)55-16-2-14-54-15-3-17-56-31-24-48(25-31)28-6-8-33-34(19-28)43(53)49(42(33)52)37-9-10-39(50)46-41(37)51/h4-8,11-13,18-19,22-23,29-31,37H,2-3,9-10,14-17,20-21,24-25H2,1H3,(H,46,50,51)/t29-,30-,37?. The lowest BCUT2D eigenvalue weighted by Gasteiger charge is -2.40. The highest BCUT2D eigenvalue weighted by atomic mass is 16.5. The van der Waals surface area contributed by atoms with Crippen LogP contribution in [0.2, 0.25) is 0 Å². The number of imide groups is 2. The molecule has 5 aromatic rings. The molecule has 1 saturated carbocycles. The molecular formula is C43H44N6O8. The number of nitrogens with one attached hydrogen (secondary N) is 1. The molecule has 4 amide bonds. The summed E-state index contributed by atoms with van der Waals surface area (Å²) in [6, 6.07) is 16.7. The van der Waals surface area contributed by atoms with Crippen molar-refractivity contribution in [2.45, 2.75) is 62.9 Å². The lowest BCUT2D eigenvalue weighted by atomic mass is 9.92.